The summed E-state index contributed by atoms with van der Waals surface area (Å²) in [6, 6.07) is 10.6. The summed E-state index contributed by atoms with van der Waals surface area (Å²) >= 11 is 0. The van der Waals surface area contributed by atoms with E-state index in [9.17, 15) is 22.8 Å². The molecule has 132 valence electrons. The average molecular weight is 351 g/mol. The molecule has 0 aliphatic heterocycles. The van der Waals surface area contributed by atoms with Crippen molar-refractivity contribution < 1.29 is 27.5 Å². The Morgan fingerprint density at radius 2 is 1.76 bits per heavy atom. The van der Waals surface area contributed by atoms with Crippen molar-refractivity contribution in [3.63, 3.8) is 0 Å². The second-order valence-electron chi connectivity index (χ2n) is 5.22. The van der Waals surface area contributed by atoms with E-state index < -0.39 is 17.6 Å². The molecule has 0 unspecified atom stereocenters. The molecule has 1 N–H and O–H groups in total. The van der Waals surface area contributed by atoms with Gasteiger partial charge < -0.3 is 10.1 Å². The zero-order valence-electron chi connectivity index (χ0n) is 13.4. The lowest BCUT2D eigenvalue weighted by molar-refractivity contribution is -0.137. The van der Waals surface area contributed by atoms with Gasteiger partial charge in [0.2, 0.25) is 0 Å². The topological polar surface area (TPSA) is 55.4 Å². The minimum atomic E-state index is -4.48. The summed E-state index contributed by atoms with van der Waals surface area (Å²) in [6.07, 6.45) is -4.09. The summed E-state index contributed by atoms with van der Waals surface area (Å²) < 4.78 is 43.1. The van der Waals surface area contributed by atoms with Gasteiger partial charge in [0.1, 0.15) is 5.75 Å². The molecule has 1 amide bonds. The van der Waals surface area contributed by atoms with Gasteiger partial charge in [-0.1, -0.05) is 13.0 Å². The normalized spacial score (nSPS) is 11.0. The molecule has 4 nitrogen and oxygen atoms in total. The molecule has 7 heteroatoms. The first-order valence-electron chi connectivity index (χ1n) is 7.52. The van der Waals surface area contributed by atoms with Crippen LogP contribution in [-0.2, 0) is 11.0 Å². The number of carbonyl (C=O) groups excluding carboxylic acids is 2. The number of ether oxygens (including phenoxy) is 1. The van der Waals surface area contributed by atoms with Crippen molar-refractivity contribution in [1.29, 1.82) is 0 Å². The van der Waals surface area contributed by atoms with Crippen molar-refractivity contribution in [3.8, 4) is 5.75 Å². The highest BCUT2D eigenvalue weighted by atomic mass is 19.4. The number of hydrogen-bond acceptors (Lipinski definition) is 3. The number of ketones is 1. The van der Waals surface area contributed by atoms with Gasteiger partial charge in [0.05, 0.1) is 5.56 Å². The maximum Gasteiger partial charge on any atom is 0.416 e. The maximum atomic E-state index is 12.6. The van der Waals surface area contributed by atoms with E-state index in [1.54, 1.807) is 31.2 Å². The van der Waals surface area contributed by atoms with Crippen molar-refractivity contribution in [2.24, 2.45) is 0 Å². The molecule has 2 aromatic carbocycles. The van der Waals surface area contributed by atoms with Crippen LogP contribution in [0.5, 0.6) is 5.75 Å². The Morgan fingerprint density at radius 1 is 1.08 bits per heavy atom. The molecule has 2 rings (SSSR count). The zero-order valence-corrected chi connectivity index (χ0v) is 13.4. The van der Waals surface area contributed by atoms with Crippen molar-refractivity contribution >= 4 is 17.4 Å². The summed E-state index contributed by atoms with van der Waals surface area (Å²) in [7, 11) is 0. The Morgan fingerprint density at radius 3 is 2.36 bits per heavy atom. The summed E-state index contributed by atoms with van der Waals surface area (Å²) in [6.45, 7) is 1.39. The van der Waals surface area contributed by atoms with Gasteiger partial charge in [0, 0.05) is 17.7 Å². The van der Waals surface area contributed by atoms with Gasteiger partial charge in [-0.2, -0.15) is 13.2 Å². The Kier molecular flexibility index (Phi) is 5.80. The highest BCUT2D eigenvalue weighted by Gasteiger charge is 2.30. The number of benzene rings is 2. The van der Waals surface area contributed by atoms with Gasteiger partial charge >= 0.3 is 6.18 Å². The van der Waals surface area contributed by atoms with E-state index in [0.29, 0.717) is 17.7 Å². The molecular weight excluding hydrogens is 335 g/mol. The van der Waals surface area contributed by atoms with E-state index in [1.165, 1.54) is 12.1 Å². The monoisotopic (exact) mass is 351 g/mol. The van der Waals surface area contributed by atoms with Crippen molar-refractivity contribution in [3.05, 3.63) is 59.7 Å². The standard InChI is InChI=1S/C18H16F3NO3/c1-2-16(23)12-6-8-15(9-7-12)25-11-17(24)22-14-5-3-4-13(10-14)18(19,20)21/h3-10H,2,11H2,1H3,(H,22,24). The van der Waals surface area contributed by atoms with Crippen LogP contribution >= 0.6 is 0 Å². The van der Waals surface area contributed by atoms with Crippen LogP contribution in [0.1, 0.15) is 29.3 Å². The van der Waals surface area contributed by atoms with Crippen LogP contribution in [0, 0.1) is 0 Å². The number of hydrogen-bond donors (Lipinski definition) is 1. The van der Waals surface area contributed by atoms with Gasteiger partial charge in [-0.25, -0.2) is 0 Å². The Bertz CT molecular complexity index is 755. The molecule has 25 heavy (non-hydrogen) atoms. The van der Waals surface area contributed by atoms with Gasteiger partial charge in [-0.15, -0.1) is 0 Å². The lowest BCUT2D eigenvalue weighted by Gasteiger charge is -2.10. The quantitative estimate of drug-likeness (QED) is 0.789. The third-order valence-electron chi connectivity index (χ3n) is 3.34. The first-order valence-corrected chi connectivity index (χ1v) is 7.52. The van der Waals surface area contributed by atoms with E-state index in [1.807, 2.05) is 0 Å². The molecular formula is C18H16F3NO3. The van der Waals surface area contributed by atoms with Crippen molar-refractivity contribution in [2.45, 2.75) is 19.5 Å². The fourth-order valence-corrected chi connectivity index (χ4v) is 2.06. The molecule has 0 fully saturated rings. The molecule has 0 aliphatic rings. The van der Waals surface area contributed by atoms with E-state index >= 15 is 0 Å². The average Bonchev–Trinajstić information content (AvgIpc) is 2.59. The molecule has 0 spiro atoms. The van der Waals surface area contributed by atoms with Crippen LogP contribution in [0.4, 0.5) is 18.9 Å². The molecule has 0 saturated heterocycles. The van der Waals surface area contributed by atoms with E-state index in [0.717, 1.165) is 12.1 Å². The lowest BCUT2D eigenvalue weighted by Crippen LogP contribution is -2.20. The predicted molar refractivity (Wildman–Crippen MR) is 86.6 cm³/mol. The van der Waals surface area contributed by atoms with Gasteiger partial charge in [-0.05, 0) is 42.5 Å². The SMILES string of the molecule is CCC(=O)c1ccc(OCC(=O)Nc2cccc(C(F)(F)F)c2)cc1. The molecule has 0 aromatic heterocycles. The summed E-state index contributed by atoms with van der Waals surface area (Å²) in [5, 5.41) is 2.35. The highest BCUT2D eigenvalue weighted by Crippen LogP contribution is 2.30. The third-order valence-corrected chi connectivity index (χ3v) is 3.34. The Hall–Kier alpha value is -2.83. The van der Waals surface area contributed by atoms with Crippen molar-refractivity contribution in [1.82, 2.24) is 0 Å². The fraction of sp³-hybridized carbons (Fsp3) is 0.222. The zero-order chi connectivity index (χ0) is 18.4. The van der Waals surface area contributed by atoms with Crippen LogP contribution in [0.3, 0.4) is 0 Å². The second-order valence-corrected chi connectivity index (χ2v) is 5.22. The van der Waals surface area contributed by atoms with Crippen LogP contribution in [0.25, 0.3) is 0 Å². The van der Waals surface area contributed by atoms with E-state index in [4.69, 9.17) is 4.74 Å². The molecule has 0 aliphatic carbocycles. The smallest absolute Gasteiger partial charge is 0.416 e. The number of rotatable bonds is 6. The minimum Gasteiger partial charge on any atom is -0.484 e. The molecule has 0 heterocycles. The number of amides is 1. The van der Waals surface area contributed by atoms with Crippen LogP contribution in [0.2, 0.25) is 0 Å². The number of nitrogens with one attached hydrogen (secondary N) is 1. The number of halogens is 3. The molecule has 0 radical (unpaired) electrons. The molecule has 2 aromatic rings. The number of carbonyl (C=O) groups is 2. The third kappa shape index (κ3) is 5.34. The number of Topliss-reactive ketones (excluding diaryl/α,β-unsaturated/α-hetero) is 1. The first-order chi connectivity index (χ1) is 11.8. The van der Waals surface area contributed by atoms with Crippen molar-refractivity contribution in [2.75, 3.05) is 11.9 Å². The van der Waals surface area contributed by atoms with E-state index in [-0.39, 0.29) is 18.1 Å². The number of alkyl halides is 3. The highest BCUT2D eigenvalue weighted by molar-refractivity contribution is 5.96. The predicted octanol–water partition coefficient (Wildman–Crippen LogP) is 4.32. The van der Waals surface area contributed by atoms with Gasteiger partial charge in [0.15, 0.2) is 12.4 Å². The lowest BCUT2D eigenvalue weighted by atomic mass is 10.1. The first kappa shape index (κ1) is 18.5. The fourth-order valence-electron chi connectivity index (χ4n) is 2.06. The van der Waals surface area contributed by atoms with Crippen LogP contribution in [-0.4, -0.2) is 18.3 Å². The maximum absolute atomic E-state index is 12.6. The summed E-state index contributed by atoms with van der Waals surface area (Å²) in [5.41, 5.74) is -0.266. The Labute approximate surface area is 142 Å². The Balaban J connectivity index is 1.92. The summed E-state index contributed by atoms with van der Waals surface area (Å²) in [5.74, 6) is -0.214. The second kappa shape index (κ2) is 7.83. The van der Waals surface area contributed by atoms with Gasteiger partial charge in [0.25, 0.3) is 5.91 Å². The number of anilines is 1. The van der Waals surface area contributed by atoms with Crippen LogP contribution in [0.15, 0.2) is 48.5 Å². The largest absolute Gasteiger partial charge is 0.484 e. The summed E-state index contributed by atoms with van der Waals surface area (Å²) in [4.78, 5) is 23.3. The molecule has 0 atom stereocenters. The van der Waals surface area contributed by atoms with E-state index in [2.05, 4.69) is 5.32 Å². The van der Waals surface area contributed by atoms with Crippen LogP contribution < -0.4 is 10.1 Å². The minimum absolute atomic E-state index is 0.00570. The molecule has 0 saturated carbocycles. The van der Waals surface area contributed by atoms with Gasteiger partial charge in [-0.3, -0.25) is 9.59 Å². The molecule has 0 bridgehead atoms.